The lowest BCUT2D eigenvalue weighted by atomic mass is 9.90. The summed E-state index contributed by atoms with van der Waals surface area (Å²) in [5, 5.41) is 11.8. The second-order valence-electron chi connectivity index (χ2n) is 10.6. The molecule has 2 heterocycles. The molecular formula is C29H35ClF3N3O4S. The van der Waals surface area contributed by atoms with E-state index in [0.717, 1.165) is 48.7 Å². The first kappa shape index (κ1) is 31.3. The predicted octanol–water partition coefficient (Wildman–Crippen LogP) is 5.19. The smallest absolute Gasteiger partial charge is 0.430 e. The van der Waals surface area contributed by atoms with Gasteiger partial charge in [0.25, 0.3) is 17.4 Å². The number of carbonyl (C=O) groups is 2. The van der Waals surface area contributed by atoms with Crippen molar-refractivity contribution in [3.05, 3.63) is 58.6 Å². The summed E-state index contributed by atoms with van der Waals surface area (Å²) in [4.78, 5) is 30.2. The zero-order valence-corrected chi connectivity index (χ0v) is 24.9. The highest BCUT2D eigenvalue weighted by Crippen LogP contribution is 2.42. The number of amides is 2. The zero-order valence-electron chi connectivity index (χ0n) is 23.3. The van der Waals surface area contributed by atoms with Crippen LogP contribution >= 0.6 is 23.4 Å². The van der Waals surface area contributed by atoms with Crippen molar-refractivity contribution in [3.8, 4) is 5.75 Å². The van der Waals surface area contributed by atoms with E-state index >= 15 is 0 Å². The quantitative estimate of drug-likeness (QED) is 0.463. The van der Waals surface area contributed by atoms with Crippen LogP contribution < -0.4 is 9.64 Å². The summed E-state index contributed by atoms with van der Waals surface area (Å²) in [6, 6.07) is 10.4. The van der Waals surface area contributed by atoms with Crippen molar-refractivity contribution < 1.29 is 32.6 Å². The number of alkyl halides is 3. The van der Waals surface area contributed by atoms with E-state index in [-0.39, 0.29) is 30.0 Å². The second kappa shape index (κ2) is 12.7. The first-order valence-corrected chi connectivity index (χ1v) is 14.8. The molecule has 4 rings (SSSR count). The van der Waals surface area contributed by atoms with Gasteiger partial charge in [0.2, 0.25) is 0 Å². The molecule has 1 atom stereocenters. The van der Waals surface area contributed by atoms with Crippen molar-refractivity contribution in [1.82, 2.24) is 9.80 Å². The maximum absolute atomic E-state index is 14.1. The number of rotatable bonds is 7. The van der Waals surface area contributed by atoms with E-state index < -0.39 is 23.2 Å². The van der Waals surface area contributed by atoms with Crippen LogP contribution in [0.15, 0.2) is 42.5 Å². The number of piperidine rings is 2. The van der Waals surface area contributed by atoms with Gasteiger partial charge in [0, 0.05) is 62.0 Å². The number of aliphatic hydroxyl groups is 1. The van der Waals surface area contributed by atoms with Gasteiger partial charge in [-0.3, -0.25) is 9.59 Å². The number of halogens is 4. The van der Waals surface area contributed by atoms with Gasteiger partial charge in [-0.25, -0.2) is 0 Å². The van der Waals surface area contributed by atoms with Gasteiger partial charge in [0.15, 0.2) is 0 Å². The summed E-state index contributed by atoms with van der Waals surface area (Å²) in [6.45, 7) is 1.94. The van der Waals surface area contributed by atoms with E-state index in [9.17, 15) is 27.9 Å². The molecule has 2 aliphatic rings. The SMILES string of the molecule is COc1cccc([C@@](O)(C(=O)N2CCC(SC3CCN(c4ccc(C(=O)N(C)C)c(Cl)c4)CC3)CC2)C(F)(F)F)c1. The van der Waals surface area contributed by atoms with E-state index in [0.29, 0.717) is 28.7 Å². The Kier molecular flexibility index (Phi) is 9.70. The number of benzene rings is 2. The van der Waals surface area contributed by atoms with Gasteiger partial charge in [-0.2, -0.15) is 24.9 Å². The molecule has 2 aliphatic heterocycles. The summed E-state index contributed by atoms with van der Waals surface area (Å²) >= 11 is 8.23. The molecule has 2 aromatic rings. The summed E-state index contributed by atoms with van der Waals surface area (Å²) < 4.78 is 47.3. The van der Waals surface area contributed by atoms with Crippen LogP contribution in [-0.2, 0) is 10.4 Å². The molecule has 0 aliphatic carbocycles. The average molecular weight is 614 g/mol. The van der Waals surface area contributed by atoms with Crippen LogP contribution in [-0.4, -0.2) is 90.8 Å². The van der Waals surface area contributed by atoms with E-state index in [2.05, 4.69) is 4.90 Å². The molecule has 0 spiro atoms. The minimum absolute atomic E-state index is 0.124. The van der Waals surface area contributed by atoms with Gasteiger partial charge in [-0.15, -0.1) is 0 Å². The maximum Gasteiger partial charge on any atom is 0.430 e. The normalized spacial score (nSPS) is 18.6. The molecule has 2 aromatic carbocycles. The largest absolute Gasteiger partial charge is 0.497 e. The van der Waals surface area contributed by atoms with Gasteiger partial charge < -0.3 is 24.5 Å². The molecule has 1 N–H and O–H groups in total. The summed E-state index contributed by atoms with van der Waals surface area (Å²) in [5.74, 6) is -1.38. The Morgan fingerprint density at radius 3 is 2.15 bits per heavy atom. The fraction of sp³-hybridized carbons (Fsp3) is 0.517. The van der Waals surface area contributed by atoms with Gasteiger partial charge >= 0.3 is 6.18 Å². The highest BCUT2D eigenvalue weighted by molar-refractivity contribution is 8.00. The molecule has 0 saturated carbocycles. The number of hydrogen-bond donors (Lipinski definition) is 1. The number of nitrogens with zero attached hydrogens (tertiary/aromatic N) is 3. The number of methoxy groups -OCH3 is 1. The van der Waals surface area contributed by atoms with Gasteiger partial charge in [-0.05, 0) is 56.0 Å². The molecule has 2 saturated heterocycles. The first-order valence-electron chi connectivity index (χ1n) is 13.5. The third kappa shape index (κ3) is 6.73. The fourth-order valence-corrected chi connectivity index (χ4v) is 7.08. The van der Waals surface area contributed by atoms with Crippen molar-refractivity contribution >= 4 is 40.9 Å². The van der Waals surface area contributed by atoms with Crippen LogP contribution in [0.4, 0.5) is 18.9 Å². The van der Waals surface area contributed by atoms with Gasteiger partial charge in [0.05, 0.1) is 17.7 Å². The summed E-state index contributed by atoms with van der Waals surface area (Å²) in [7, 11) is 4.67. The molecule has 224 valence electrons. The topological polar surface area (TPSA) is 73.3 Å². The standard InChI is InChI=1S/C29H35ClF3N3O4S/c1-34(2)26(37)24-8-7-20(18-25(24)30)35-13-9-22(10-14-35)41-23-11-15-36(16-12-23)27(38)28(39,29(31,32)33)19-5-4-6-21(17-19)40-3/h4-8,17-18,22-23,39H,9-16H2,1-3H3/t28-/m1/s1. The third-order valence-electron chi connectivity index (χ3n) is 7.72. The Bertz CT molecular complexity index is 1250. The average Bonchev–Trinajstić information content (AvgIpc) is 2.96. The minimum atomic E-state index is -5.19. The highest BCUT2D eigenvalue weighted by atomic mass is 35.5. The number of ether oxygens (including phenoxy) is 1. The molecule has 2 amide bonds. The first-order chi connectivity index (χ1) is 19.3. The molecule has 0 unspecified atom stereocenters. The number of likely N-dealkylation sites (tertiary alicyclic amines) is 1. The third-order valence-corrected chi connectivity index (χ3v) is 9.74. The van der Waals surface area contributed by atoms with Crippen molar-refractivity contribution in [2.24, 2.45) is 0 Å². The Labute approximate surface area is 247 Å². The van der Waals surface area contributed by atoms with E-state index in [1.807, 2.05) is 23.9 Å². The number of hydrogen-bond acceptors (Lipinski definition) is 6. The molecule has 41 heavy (non-hydrogen) atoms. The number of carbonyl (C=O) groups excluding carboxylic acids is 2. The van der Waals surface area contributed by atoms with Gasteiger partial charge in [-0.1, -0.05) is 23.7 Å². The lowest BCUT2D eigenvalue weighted by Gasteiger charge is -2.40. The van der Waals surface area contributed by atoms with Crippen LogP contribution in [0, 0.1) is 0 Å². The Morgan fingerprint density at radius 2 is 1.61 bits per heavy atom. The van der Waals surface area contributed by atoms with Crippen LogP contribution in [0.1, 0.15) is 41.6 Å². The summed E-state index contributed by atoms with van der Waals surface area (Å²) in [5.41, 5.74) is -2.77. The lowest BCUT2D eigenvalue weighted by Crippen LogP contribution is -2.57. The van der Waals surface area contributed by atoms with Crippen LogP contribution in [0.25, 0.3) is 0 Å². The second-order valence-corrected chi connectivity index (χ2v) is 12.6. The Balaban J connectivity index is 1.31. The van der Waals surface area contributed by atoms with Crippen molar-refractivity contribution in [1.29, 1.82) is 0 Å². The monoisotopic (exact) mass is 613 g/mol. The highest BCUT2D eigenvalue weighted by Gasteiger charge is 2.62. The van der Waals surface area contributed by atoms with E-state index in [4.69, 9.17) is 16.3 Å². The Morgan fingerprint density at radius 1 is 1.00 bits per heavy atom. The zero-order chi connectivity index (χ0) is 29.9. The van der Waals surface area contributed by atoms with E-state index in [1.54, 1.807) is 20.2 Å². The summed E-state index contributed by atoms with van der Waals surface area (Å²) in [6.07, 6.45) is -2.21. The minimum Gasteiger partial charge on any atom is -0.497 e. The van der Waals surface area contributed by atoms with Crippen LogP contribution in [0.5, 0.6) is 5.75 Å². The maximum atomic E-state index is 14.1. The fourth-order valence-electron chi connectivity index (χ4n) is 5.32. The molecular weight excluding hydrogens is 579 g/mol. The molecule has 0 radical (unpaired) electrons. The molecule has 0 aromatic heterocycles. The molecule has 2 fully saturated rings. The lowest BCUT2D eigenvalue weighted by molar-refractivity contribution is -0.262. The van der Waals surface area contributed by atoms with Gasteiger partial charge in [0.1, 0.15) is 5.75 Å². The Hall–Kier alpha value is -2.63. The van der Waals surface area contributed by atoms with Crippen LogP contribution in [0.2, 0.25) is 5.02 Å². The van der Waals surface area contributed by atoms with E-state index in [1.165, 1.54) is 24.1 Å². The molecule has 7 nitrogen and oxygen atoms in total. The predicted molar refractivity (Wildman–Crippen MR) is 155 cm³/mol. The molecule has 12 heteroatoms. The van der Waals surface area contributed by atoms with Crippen molar-refractivity contribution in [2.75, 3.05) is 52.3 Å². The van der Waals surface area contributed by atoms with Crippen LogP contribution in [0.3, 0.4) is 0 Å². The number of thioether (sulfide) groups is 1. The van der Waals surface area contributed by atoms with Crippen molar-refractivity contribution in [2.45, 2.75) is 48.0 Å². The molecule has 0 bridgehead atoms. The van der Waals surface area contributed by atoms with Crippen molar-refractivity contribution in [3.63, 3.8) is 0 Å². The number of anilines is 1.